The Morgan fingerprint density at radius 1 is 0.536 bits per heavy atom. The first-order chi connectivity index (χ1) is 33.7. The number of hydrogen-bond acceptors (Lipinski definition) is 2. The summed E-state index contributed by atoms with van der Waals surface area (Å²) in [6.07, 6.45) is 8.38. The van der Waals surface area contributed by atoms with E-state index in [0.717, 1.165) is 85.4 Å². The van der Waals surface area contributed by atoms with Gasteiger partial charge in [-0.15, -0.1) is 0 Å². The summed E-state index contributed by atoms with van der Waals surface area (Å²) in [7, 11) is 0. The molecule has 0 spiro atoms. The predicted molar refractivity (Wildman–Crippen MR) is 279 cm³/mol. The predicted octanol–water partition coefficient (Wildman–Crippen LogP) is 15.3. The van der Waals surface area contributed by atoms with E-state index >= 15 is 0 Å². The second-order valence-electron chi connectivity index (χ2n) is 19.1. The number of imidazole rings is 1. The van der Waals surface area contributed by atoms with Crippen molar-refractivity contribution >= 4 is 27.3 Å². The third-order valence-corrected chi connectivity index (χ3v) is 15.9. The topological polar surface area (TPSA) is 36.4 Å². The molecule has 15 rings (SSSR count). The van der Waals surface area contributed by atoms with Crippen LogP contribution in [0.3, 0.4) is 0 Å². The minimum absolute atomic E-state index is 0.327. The van der Waals surface area contributed by atoms with Gasteiger partial charge in [-0.25, -0.2) is 0 Å². The zero-order valence-corrected chi connectivity index (χ0v) is 41.6. The van der Waals surface area contributed by atoms with Gasteiger partial charge in [-0.05, 0) is 27.8 Å². The summed E-state index contributed by atoms with van der Waals surface area (Å²) in [5, 5.41) is 2.29. The van der Waals surface area contributed by atoms with Gasteiger partial charge in [-0.1, -0.05) is 111 Å². The quantitative estimate of drug-likeness (QED) is 0.152. The van der Waals surface area contributed by atoms with Crippen LogP contribution in [-0.4, -0.2) is 18.5 Å². The Hall–Kier alpha value is -7.33. The zero-order valence-electron chi connectivity index (χ0n) is 39.3. The van der Waals surface area contributed by atoms with Gasteiger partial charge in [0.05, 0.1) is 0 Å². The molecule has 69 heavy (non-hydrogen) atoms. The Kier molecular flexibility index (Phi) is 10.8. The number of fused-ring (bicyclic) bond motifs is 3. The van der Waals surface area contributed by atoms with E-state index in [9.17, 15) is 0 Å². The summed E-state index contributed by atoms with van der Waals surface area (Å²) in [6.45, 7) is 9.23. The molecule has 6 heterocycles. The molecule has 4 aliphatic rings. The van der Waals surface area contributed by atoms with E-state index < -0.39 is 0 Å². The molecule has 11 aromatic rings. The van der Waals surface area contributed by atoms with E-state index in [2.05, 4.69) is 255 Å². The first-order valence-electron chi connectivity index (χ1n) is 24.0. The molecule has 2 aliphatic heterocycles. The third kappa shape index (κ3) is 7.61. The van der Waals surface area contributed by atoms with Gasteiger partial charge in [0.15, 0.2) is 0 Å². The minimum atomic E-state index is -0.327. The van der Waals surface area contributed by atoms with Crippen molar-refractivity contribution in [2.24, 2.45) is 0 Å². The number of aryl methyl sites for hydroxylation is 4. The molecule has 0 radical (unpaired) electrons. The third-order valence-electron chi connectivity index (χ3n) is 14.8. The van der Waals surface area contributed by atoms with Crippen molar-refractivity contribution in [2.45, 2.75) is 58.8 Å². The van der Waals surface area contributed by atoms with Crippen LogP contribution in [-0.2, 0) is 50.5 Å². The van der Waals surface area contributed by atoms with Crippen LogP contribution in [0.4, 0.5) is 0 Å². The molecule has 7 aromatic carbocycles. The fourth-order valence-electron chi connectivity index (χ4n) is 10.8. The average molecular weight is 1080 g/mol. The van der Waals surface area contributed by atoms with Crippen LogP contribution in [0.2, 0.25) is 0 Å². The molecule has 340 valence electrons. The van der Waals surface area contributed by atoms with Crippen molar-refractivity contribution in [3.63, 3.8) is 0 Å². The van der Waals surface area contributed by atoms with Gasteiger partial charge >= 0.3 is 261 Å². The summed E-state index contributed by atoms with van der Waals surface area (Å²) in [6, 6.07) is 65.6. The van der Waals surface area contributed by atoms with E-state index in [1.165, 1.54) is 61.3 Å². The molecule has 4 bridgehead atoms. The van der Waals surface area contributed by atoms with Crippen LogP contribution < -0.4 is 4.74 Å². The van der Waals surface area contributed by atoms with E-state index in [0.29, 0.717) is 0 Å². The molecule has 0 unspecified atom stereocenters. The molecule has 0 saturated carbocycles. The molecule has 0 saturated heterocycles. The normalized spacial score (nSPS) is 12.8. The number of benzene rings is 7. The molecule has 0 fully saturated rings. The second kappa shape index (κ2) is 17.3. The molecule has 0 N–H and O–H groups in total. The van der Waals surface area contributed by atoms with Crippen LogP contribution in [0.5, 0.6) is 11.5 Å². The number of ether oxygens (including phenoxy) is 1. The molecule has 0 amide bonds. The van der Waals surface area contributed by atoms with Crippen molar-refractivity contribution < 1.29 is 24.1 Å². The van der Waals surface area contributed by atoms with Crippen molar-refractivity contribution in [3.8, 4) is 45.3 Å². The van der Waals surface area contributed by atoms with Crippen molar-refractivity contribution in [3.05, 3.63) is 243 Å². The number of nitrogens with zero attached hydrogens (tertiary/aromatic N) is 4. The van der Waals surface area contributed by atoms with Crippen molar-refractivity contribution in [2.75, 3.05) is 0 Å². The number of rotatable bonds is 8. The molecule has 2 aliphatic carbocycles. The van der Waals surface area contributed by atoms with Crippen LogP contribution in [0.1, 0.15) is 58.5 Å². The Bertz CT molecular complexity index is 3820. The maximum absolute atomic E-state index is 6.89. The second-order valence-corrected chi connectivity index (χ2v) is 20.1. The number of aromatic nitrogens is 4. The molecular weight excluding hydrogens is 1020 g/mol. The van der Waals surface area contributed by atoms with Gasteiger partial charge in [-0.3, -0.25) is 0 Å². The standard InChI is InChI=1S/C63H52N4O.Pt/c1-42-43(2)45-24-23-44(42)25-26-48-28-31-51(30-27-45)66-41-65(40-61(48)66)52-21-14-22-53(36-52)68-54-32-33-55-56-35-49(46-15-8-5-9-16-46)29-34-59(56)67(60(55)37-54)62-38-58(63(3,4)50-19-12-7-13-20-50)57(39-64-62)47-17-10-6-11-18-47;/h5-24,28-29,31-40H,25-27,30H2,1-4H3;. The van der Waals surface area contributed by atoms with Crippen LogP contribution in [0.25, 0.3) is 61.1 Å². The average Bonchev–Trinajstić information content (AvgIpc) is 3.91. The van der Waals surface area contributed by atoms with Gasteiger partial charge in [0.1, 0.15) is 0 Å². The van der Waals surface area contributed by atoms with Crippen LogP contribution >= 0.6 is 0 Å². The molecule has 0 atom stereocenters. The Balaban J connectivity index is 0.969. The first kappa shape index (κ1) is 43.0. The monoisotopic (exact) mass is 1080 g/mol. The van der Waals surface area contributed by atoms with Gasteiger partial charge in [0.25, 0.3) is 0 Å². The Morgan fingerprint density at radius 3 is 1.96 bits per heavy atom. The fraction of sp³-hybridized carbons (Fsp3) is 0.143. The van der Waals surface area contributed by atoms with E-state index in [-0.39, 0.29) is 5.41 Å². The molecule has 6 heteroatoms. The zero-order chi connectivity index (χ0) is 46.8. The Labute approximate surface area is 414 Å². The van der Waals surface area contributed by atoms with Gasteiger partial charge in [0, 0.05) is 17.2 Å². The fourth-order valence-corrected chi connectivity index (χ4v) is 11.8. The van der Waals surface area contributed by atoms with E-state index in [4.69, 9.17) is 9.72 Å². The number of pyridine rings is 2. The maximum atomic E-state index is 6.89. The molecule has 4 aromatic heterocycles. The summed E-state index contributed by atoms with van der Waals surface area (Å²) >= 11 is 2.51. The van der Waals surface area contributed by atoms with Gasteiger partial charge in [-0.2, -0.15) is 0 Å². The van der Waals surface area contributed by atoms with E-state index in [1.54, 1.807) is 0 Å². The summed E-state index contributed by atoms with van der Waals surface area (Å²) in [5.74, 6) is 2.39. The number of hydrogen-bond donors (Lipinski definition) is 0. The SMILES string of the molecule is Cc1c2ccc(c1C)CCc1ccc(c3cn(-c4cccc(Oc5ccc6c7cc(-c8ccccc8)ccc7n(-c7cc(C(C)(C)c8ccccc8)c(-c8ccccc8)cn7)c6c5)c4)[c](=[Pt])n13)CC2. The van der Waals surface area contributed by atoms with Crippen LogP contribution in [0.15, 0.2) is 194 Å². The Morgan fingerprint density at radius 2 is 1.20 bits per heavy atom. The van der Waals surface area contributed by atoms with Crippen molar-refractivity contribution in [1.82, 2.24) is 18.5 Å². The van der Waals surface area contributed by atoms with Crippen molar-refractivity contribution in [1.29, 1.82) is 0 Å². The van der Waals surface area contributed by atoms with E-state index in [1.807, 2.05) is 0 Å². The van der Waals surface area contributed by atoms with Crippen LogP contribution in [0, 0.1) is 17.7 Å². The first-order valence-corrected chi connectivity index (χ1v) is 25.2. The molecular formula is C63H52N4OPt. The summed E-state index contributed by atoms with van der Waals surface area (Å²) < 4.78 is 15.2. The summed E-state index contributed by atoms with van der Waals surface area (Å²) in [4.78, 5) is 5.31. The van der Waals surface area contributed by atoms with Gasteiger partial charge in [0.2, 0.25) is 0 Å². The van der Waals surface area contributed by atoms with Gasteiger partial charge < -0.3 is 0 Å². The molecule has 5 nitrogen and oxygen atoms in total. The summed E-state index contributed by atoms with van der Waals surface area (Å²) in [5.41, 5.74) is 19.6.